The van der Waals surface area contributed by atoms with Gasteiger partial charge in [0, 0.05) is 24.4 Å². The zero-order valence-corrected chi connectivity index (χ0v) is 18.8. The van der Waals surface area contributed by atoms with Gasteiger partial charge in [-0.05, 0) is 43.7 Å². The van der Waals surface area contributed by atoms with Crippen LogP contribution in [0, 0.1) is 0 Å². The molecule has 0 aliphatic carbocycles. The van der Waals surface area contributed by atoms with Gasteiger partial charge in [0.2, 0.25) is 5.91 Å². The minimum atomic E-state index is -0.535. The number of nitrogens with one attached hydrogen (secondary N) is 2. The van der Waals surface area contributed by atoms with Crippen molar-refractivity contribution in [1.29, 1.82) is 0 Å². The lowest BCUT2D eigenvalue weighted by molar-refractivity contribution is -0.138. The van der Waals surface area contributed by atoms with E-state index < -0.39 is 5.97 Å². The average Bonchev–Trinajstić information content (AvgIpc) is 3.12. The summed E-state index contributed by atoms with van der Waals surface area (Å²) in [6.45, 7) is 3.90. The van der Waals surface area contributed by atoms with Crippen LogP contribution < -0.4 is 26.2 Å². The number of amides is 1. The van der Waals surface area contributed by atoms with E-state index in [1.54, 1.807) is 19.0 Å². The standard InChI is InChI=1S/C24H27N5O4/c1-4-33-24(31)21-22(25)28-20-11-10-17(32-3)14-19(20)18(12-13-26-15(2)30)23(28)27-29(21)16-8-6-5-7-9-16/h5-11,14,27H,4,12-13,25H2,1-3H3,(H,26,30). The van der Waals surface area contributed by atoms with E-state index in [2.05, 4.69) is 10.7 Å². The maximum atomic E-state index is 13.0. The van der Waals surface area contributed by atoms with E-state index in [-0.39, 0.29) is 24.0 Å². The molecule has 1 aromatic heterocycles. The highest BCUT2D eigenvalue weighted by molar-refractivity contribution is 6.04. The minimum absolute atomic E-state index is 0.104. The Bertz CT molecular complexity index is 1230. The Labute approximate surface area is 191 Å². The van der Waals surface area contributed by atoms with Gasteiger partial charge in [0.25, 0.3) is 0 Å². The molecule has 0 bridgehead atoms. The number of benzene rings is 2. The average molecular weight is 450 g/mol. The maximum absolute atomic E-state index is 13.0. The molecule has 2 aromatic carbocycles. The number of nitrogens with two attached hydrogens (primary N) is 1. The van der Waals surface area contributed by atoms with Crippen molar-refractivity contribution in [3.8, 4) is 5.75 Å². The summed E-state index contributed by atoms with van der Waals surface area (Å²) in [5, 5.41) is 5.39. The summed E-state index contributed by atoms with van der Waals surface area (Å²) in [6.07, 6.45) is 0.545. The van der Waals surface area contributed by atoms with Crippen molar-refractivity contribution >= 4 is 40.1 Å². The van der Waals surface area contributed by atoms with E-state index in [9.17, 15) is 9.59 Å². The highest BCUT2D eigenvalue weighted by Gasteiger charge is 2.33. The SMILES string of the molecule is CCOC(=O)C1=C(N)n2c(c(CCNC(C)=O)c3cc(OC)ccc32)NN1c1ccccc1. The predicted octanol–water partition coefficient (Wildman–Crippen LogP) is 2.82. The lowest BCUT2D eigenvalue weighted by Crippen LogP contribution is -2.41. The Morgan fingerprint density at radius 3 is 2.58 bits per heavy atom. The van der Waals surface area contributed by atoms with E-state index in [1.807, 2.05) is 53.1 Å². The van der Waals surface area contributed by atoms with Crippen LogP contribution in [0.3, 0.4) is 0 Å². The molecule has 0 saturated carbocycles. The topological polar surface area (TPSA) is 111 Å². The molecule has 9 heteroatoms. The van der Waals surface area contributed by atoms with Gasteiger partial charge in [-0.2, -0.15) is 0 Å². The van der Waals surface area contributed by atoms with E-state index >= 15 is 0 Å². The Morgan fingerprint density at radius 2 is 1.91 bits per heavy atom. The first-order chi connectivity index (χ1) is 16.0. The first-order valence-electron chi connectivity index (χ1n) is 10.7. The molecule has 0 saturated heterocycles. The maximum Gasteiger partial charge on any atom is 0.360 e. The van der Waals surface area contributed by atoms with Crippen molar-refractivity contribution in [1.82, 2.24) is 9.88 Å². The Balaban J connectivity index is 1.94. The molecule has 1 aliphatic heterocycles. The number of nitrogens with zero attached hydrogens (tertiary/aromatic N) is 2. The molecule has 4 rings (SSSR count). The van der Waals surface area contributed by atoms with Crippen LogP contribution in [0.15, 0.2) is 54.2 Å². The molecular weight excluding hydrogens is 422 g/mol. The second kappa shape index (κ2) is 9.15. The largest absolute Gasteiger partial charge is 0.497 e. The van der Waals surface area contributed by atoms with Gasteiger partial charge < -0.3 is 20.5 Å². The number of hydrogen-bond acceptors (Lipinski definition) is 7. The number of carbonyl (C=O) groups excluding carboxylic acids is 2. The van der Waals surface area contributed by atoms with Crippen molar-refractivity contribution in [2.24, 2.45) is 5.73 Å². The molecule has 2 heterocycles. The third-order valence-corrected chi connectivity index (χ3v) is 5.44. The van der Waals surface area contributed by atoms with Crippen LogP contribution in [0.4, 0.5) is 11.5 Å². The smallest absolute Gasteiger partial charge is 0.360 e. The van der Waals surface area contributed by atoms with Crippen LogP contribution >= 0.6 is 0 Å². The number of rotatable bonds is 7. The van der Waals surface area contributed by atoms with Crippen LogP contribution in [0.25, 0.3) is 16.7 Å². The first kappa shape index (κ1) is 22.1. The molecule has 4 N–H and O–H groups in total. The van der Waals surface area contributed by atoms with Gasteiger partial charge >= 0.3 is 5.97 Å². The molecule has 0 spiro atoms. The molecule has 3 aromatic rings. The Hall–Kier alpha value is -4.14. The van der Waals surface area contributed by atoms with E-state index in [1.165, 1.54) is 6.92 Å². The van der Waals surface area contributed by atoms with Gasteiger partial charge in [-0.15, -0.1) is 0 Å². The summed E-state index contributed by atoms with van der Waals surface area (Å²) in [7, 11) is 1.61. The number of carbonyl (C=O) groups is 2. The van der Waals surface area contributed by atoms with Gasteiger partial charge in [0.05, 0.1) is 24.9 Å². The van der Waals surface area contributed by atoms with Crippen molar-refractivity contribution in [2.45, 2.75) is 20.3 Å². The number of methoxy groups -OCH3 is 1. The first-order valence-corrected chi connectivity index (χ1v) is 10.7. The number of fused-ring (bicyclic) bond motifs is 3. The van der Waals surface area contributed by atoms with Crippen molar-refractivity contribution in [3.63, 3.8) is 0 Å². The molecule has 0 radical (unpaired) electrons. The molecular formula is C24H27N5O4. The number of aromatic nitrogens is 1. The summed E-state index contributed by atoms with van der Waals surface area (Å²) in [6, 6.07) is 15.1. The number of hydrazine groups is 1. The number of esters is 1. The Morgan fingerprint density at radius 1 is 1.15 bits per heavy atom. The quantitative estimate of drug-likeness (QED) is 0.476. The monoisotopic (exact) mass is 449 g/mol. The van der Waals surface area contributed by atoms with Crippen molar-refractivity contribution in [3.05, 3.63) is 59.8 Å². The fraction of sp³-hybridized carbons (Fsp3) is 0.250. The number of anilines is 2. The van der Waals surface area contributed by atoms with Crippen LogP contribution in [0.5, 0.6) is 5.75 Å². The molecule has 33 heavy (non-hydrogen) atoms. The van der Waals surface area contributed by atoms with Crippen molar-refractivity contribution in [2.75, 3.05) is 30.7 Å². The Kier molecular flexibility index (Phi) is 6.12. The molecule has 1 amide bonds. The molecule has 0 unspecified atom stereocenters. The van der Waals surface area contributed by atoms with Gasteiger partial charge in [-0.3, -0.25) is 14.8 Å². The molecule has 0 fully saturated rings. The van der Waals surface area contributed by atoms with Crippen LogP contribution in [0.1, 0.15) is 19.4 Å². The van der Waals surface area contributed by atoms with Gasteiger partial charge in [0.1, 0.15) is 17.4 Å². The predicted molar refractivity (Wildman–Crippen MR) is 127 cm³/mol. The summed E-state index contributed by atoms with van der Waals surface area (Å²) in [5.41, 5.74) is 12.7. The zero-order chi connectivity index (χ0) is 23.5. The van der Waals surface area contributed by atoms with Crippen LogP contribution in [0.2, 0.25) is 0 Å². The van der Waals surface area contributed by atoms with Crippen molar-refractivity contribution < 1.29 is 19.1 Å². The number of para-hydroxylation sites is 1. The molecule has 1 aliphatic rings. The number of hydrogen-bond donors (Lipinski definition) is 3. The highest BCUT2D eigenvalue weighted by atomic mass is 16.5. The summed E-state index contributed by atoms with van der Waals surface area (Å²) < 4.78 is 12.6. The molecule has 172 valence electrons. The van der Waals surface area contributed by atoms with Crippen LogP contribution in [-0.4, -0.2) is 36.7 Å². The highest BCUT2D eigenvalue weighted by Crippen LogP contribution is 2.39. The summed E-state index contributed by atoms with van der Waals surface area (Å²) in [4.78, 5) is 24.4. The zero-order valence-electron chi connectivity index (χ0n) is 18.8. The normalized spacial score (nSPS) is 12.9. The second-order valence-electron chi connectivity index (χ2n) is 7.52. The summed E-state index contributed by atoms with van der Waals surface area (Å²) in [5.74, 6) is 1.00. The van der Waals surface area contributed by atoms with Crippen LogP contribution in [-0.2, 0) is 20.7 Å². The minimum Gasteiger partial charge on any atom is -0.497 e. The van der Waals surface area contributed by atoms with E-state index in [4.69, 9.17) is 15.2 Å². The molecule has 0 atom stereocenters. The summed E-state index contributed by atoms with van der Waals surface area (Å²) >= 11 is 0. The molecule has 9 nitrogen and oxygen atoms in total. The van der Waals surface area contributed by atoms with E-state index in [0.717, 1.165) is 22.2 Å². The van der Waals surface area contributed by atoms with Gasteiger partial charge in [-0.25, -0.2) is 9.80 Å². The lowest BCUT2D eigenvalue weighted by atomic mass is 10.1. The lowest BCUT2D eigenvalue weighted by Gasteiger charge is -2.34. The van der Waals surface area contributed by atoms with E-state index in [0.29, 0.717) is 24.5 Å². The van der Waals surface area contributed by atoms with Gasteiger partial charge in [0.15, 0.2) is 5.70 Å². The fourth-order valence-corrected chi connectivity index (χ4v) is 3.99. The van der Waals surface area contributed by atoms with Gasteiger partial charge in [-0.1, -0.05) is 18.2 Å². The third kappa shape index (κ3) is 4.05. The number of ether oxygens (including phenoxy) is 2. The third-order valence-electron chi connectivity index (χ3n) is 5.44. The second-order valence-corrected chi connectivity index (χ2v) is 7.52. The fourth-order valence-electron chi connectivity index (χ4n) is 3.99.